The van der Waals surface area contributed by atoms with E-state index in [0.29, 0.717) is 6.04 Å². The van der Waals surface area contributed by atoms with Crippen LogP contribution >= 0.6 is 0 Å². The van der Waals surface area contributed by atoms with Crippen molar-refractivity contribution in [2.24, 2.45) is 0 Å². The quantitative estimate of drug-likeness (QED) is 0.897. The first-order chi connectivity index (χ1) is 9.33. The van der Waals surface area contributed by atoms with Gasteiger partial charge in [-0.15, -0.1) is 0 Å². The van der Waals surface area contributed by atoms with Crippen LogP contribution in [0, 0.1) is 0 Å². The van der Waals surface area contributed by atoms with Crippen LogP contribution in [0.15, 0.2) is 24.3 Å². The molecule has 2 aliphatic heterocycles. The van der Waals surface area contributed by atoms with E-state index in [9.17, 15) is 0 Å². The molecule has 0 spiro atoms. The third kappa shape index (κ3) is 3.03. The molecule has 1 aromatic rings. The number of likely N-dealkylation sites (tertiary alicyclic amines) is 1. The van der Waals surface area contributed by atoms with E-state index in [0.717, 1.165) is 6.54 Å². The van der Waals surface area contributed by atoms with Gasteiger partial charge >= 0.3 is 0 Å². The molecule has 0 aliphatic carbocycles. The summed E-state index contributed by atoms with van der Waals surface area (Å²) in [7, 11) is 2.23. The Labute approximate surface area is 116 Å². The van der Waals surface area contributed by atoms with Gasteiger partial charge in [0.25, 0.3) is 0 Å². The smallest absolute Gasteiger partial charge is 0.0367 e. The van der Waals surface area contributed by atoms with Crippen molar-refractivity contribution in [1.82, 2.24) is 4.90 Å². The minimum absolute atomic E-state index is 0.707. The van der Waals surface area contributed by atoms with Crippen molar-refractivity contribution in [3.05, 3.63) is 24.3 Å². The van der Waals surface area contributed by atoms with Crippen LogP contribution in [0.25, 0.3) is 0 Å². The van der Waals surface area contributed by atoms with Crippen LogP contribution in [0.1, 0.15) is 25.7 Å². The Morgan fingerprint density at radius 3 is 2.42 bits per heavy atom. The van der Waals surface area contributed by atoms with Crippen molar-refractivity contribution in [3.63, 3.8) is 0 Å². The van der Waals surface area contributed by atoms with Crippen molar-refractivity contribution >= 4 is 11.4 Å². The summed E-state index contributed by atoms with van der Waals surface area (Å²) >= 11 is 0. The zero-order valence-corrected chi connectivity index (χ0v) is 11.9. The maximum atomic E-state index is 3.57. The predicted molar refractivity (Wildman–Crippen MR) is 82.0 cm³/mol. The van der Waals surface area contributed by atoms with Gasteiger partial charge in [-0.1, -0.05) is 0 Å². The van der Waals surface area contributed by atoms with Crippen molar-refractivity contribution in [3.8, 4) is 0 Å². The molecule has 2 aliphatic rings. The molecule has 1 unspecified atom stereocenters. The summed E-state index contributed by atoms with van der Waals surface area (Å²) in [4.78, 5) is 4.94. The molecular formula is C16H25N3. The van der Waals surface area contributed by atoms with Gasteiger partial charge < -0.3 is 15.1 Å². The van der Waals surface area contributed by atoms with Crippen molar-refractivity contribution in [1.29, 1.82) is 0 Å². The SMILES string of the molecule is CN1CCCC1CNc1ccc(N2CCCC2)cc1. The Morgan fingerprint density at radius 2 is 1.79 bits per heavy atom. The van der Waals surface area contributed by atoms with Crippen LogP contribution in [0.5, 0.6) is 0 Å². The second-order valence-electron chi connectivity index (χ2n) is 5.90. The molecule has 19 heavy (non-hydrogen) atoms. The highest BCUT2D eigenvalue weighted by Crippen LogP contribution is 2.22. The average molecular weight is 259 g/mol. The molecule has 1 N–H and O–H groups in total. The van der Waals surface area contributed by atoms with E-state index in [2.05, 4.69) is 46.4 Å². The topological polar surface area (TPSA) is 18.5 Å². The van der Waals surface area contributed by atoms with E-state index in [-0.39, 0.29) is 0 Å². The van der Waals surface area contributed by atoms with Gasteiger partial charge in [0, 0.05) is 37.1 Å². The van der Waals surface area contributed by atoms with Crippen molar-refractivity contribution in [2.75, 3.05) is 43.4 Å². The summed E-state index contributed by atoms with van der Waals surface area (Å²) in [6.07, 6.45) is 5.36. The highest BCUT2D eigenvalue weighted by molar-refractivity contribution is 5.55. The number of anilines is 2. The third-order valence-corrected chi connectivity index (χ3v) is 4.55. The van der Waals surface area contributed by atoms with Crippen LogP contribution in [-0.4, -0.2) is 44.2 Å². The Morgan fingerprint density at radius 1 is 1.05 bits per heavy atom. The number of rotatable bonds is 4. The highest BCUT2D eigenvalue weighted by Gasteiger charge is 2.20. The zero-order valence-electron chi connectivity index (χ0n) is 11.9. The first-order valence-corrected chi connectivity index (χ1v) is 7.62. The Kier molecular flexibility index (Phi) is 3.92. The monoisotopic (exact) mass is 259 g/mol. The van der Waals surface area contributed by atoms with Gasteiger partial charge in [-0.25, -0.2) is 0 Å². The lowest BCUT2D eigenvalue weighted by atomic mass is 10.2. The lowest BCUT2D eigenvalue weighted by Crippen LogP contribution is -2.31. The van der Waals surface area contributed by atoms with Crippen molar-refractivity contribution in [2.45, 2.75) is 31.7 Å². The van der Waals surface area contributed by atoms with Crippen molar-refractivity contribution < 1.29 is 0 Å². The molecule has 2 fully saturated rings. The molecule has 0 bridgehead atoms. The normalized spacial score (nSPS) is 24.1. The molecule has 0 radical (unpaired) electrons. The lowest BCUT2D eigenvalue weighted by molar-refractivity contribution is 0.322. The largest absolute Gasteiger partial charge is 0.383 e. The van der Waals surface area contributed by atoms with Crippen LogP contribution in [0.2, 0.25) is 0 Å². The molecule has 3 rings (SSSR count). The molecule has 0 saturated carbocycles. The van der Waals surface area contributed by atoms with E-state index in [1.54, 1.807) is 0 Å². The second kappa shape index (κ2) is 5.83. The molecule has 0 amide bonds. The molecule has 0 aromatic heterocycles. The average Bonchev–Trinajstić information content (AvgIpc) is 3.09. The van der Waals surface area contributed by atoms with Gasteiger partial charge in [-0.05, 0) is 63.5 Å². The Bertz CT molecular complexity index is 395. The number of hydrogen-bond acceptors (Lipinski definition) is 3. The van der Waals surface area contributed by atoms with Crippen LogP contribution in [0.4, 0.5) is 11.4 Å². The maximum absolute atomic E-state index is 3.57. The summed E-state index contributed by atoms with van der Waals surface area (Å²) in [6, 6.07) is 9.67. The summed E-state index contributed by atoms with van der Waals surface area (Å²) in [6.45, 7) is 4.76. The molecule has 2 saturated heterocycles. The molecule has 2 heterocycles. The van der Waals surface area contributed by atoms with Crippen LogP contribution in [-0.2, 0) is 0 Å². The zero-order chi connectivity index (χ0) is 13.1. The summed E-state index contributed by atoms with van der Waals surface area (Å²) in [5, 5.41) is 3.57. The number of nitrogens with one attached hydrogen (secondary N) is 1. The molecule has 1 aromatic carbocycles. The summed E-state index contributed by atoms with van der Waals surface area (Å²) in [5.74, 6) is 0. The van der Waals surface area contributed by atoms with Gasteiger partial charge in [-0.3, -0.25) is 0 Å². The fraction of sp³-hybridized carbons (Fsp3) is 0.625. The fourth-order valence-corrected chi connectivity index (χ4v) is 3.24. The lowest BCUT2D eigenvalue weighted by Gasteiger charge is -2.21. The Balaban J connectivity index is 1.53. The Hall–Kier alpha value is -1.22. The highest BCUT2D eigenvalue weighted by atomic mass is 15.2. The van der Waals surface area contributed by atoms with Gasteiger partial charge in [0.15, 0.2) is 0 Å². The summed E-state index contributed by atoms with van der Waals surface area (Å²) < 4.78 is 0. The number of likely N-dealkylation sites (N-methyl/N-ethyl adjacent to an activating group) is 1. The van der Waals surface area contributed by atoms with E-state index >= 15 is 0 Å². The van der Waals surface area contributed by atoms with E-state index < -0.39 is 0 Å². The van der Waals surface area contributed by atoms with Gasteiger partial charge in [0.2, 0.25) is 0 Å². The van der Waals surface area contributed by atoms with Crippen LogP contribution in [0.3, 0.4) is 0 Å². The fourth-order valence-electron chi connectivity index (χ4n) is 3.24. The third-order valence-electron chi connectivity index (χ3n) is 4.55. The minimum atomic E-state index is 0.707. The number of benzene rings is 1. The molecule has 1 atom stereocenters. The molecule has 3 nitrogen and oxygen atoms in total. The van der Waals surface area contributed by atoms with E-state index in [1.165, 1.54) is 56.7 Å². The molecular weight excluding hydrogens is 234 g/mol. The molecule has 104 valence electrons. The summed E-state index contributed by atoms with van der Waals surface area (Å²) in [5.41, 5.74) is 2.63. The van der Waals surface area contributed by atoms with Gasteiger partial charge in [-0.2, -0.15) is 0 Å². The number of hydrogen-bond donors (Lipinski definition) is 1. The van der Waals surface area contributed by atoms with E-state index in [4.69, 9.17) is 0 Å². The molecule has 3 heteroatoms. The maximum Gasteiger partial charge on any atom is 0.0367 e. The first kappa shape index (κ1) is 12.8. The first-order valence-electron chi connectivity index (χ1n) is 7.62. The van der Waals surface area contributed by atoms with E-state index in [1.807, 2.05) is 0 Å². The van der Waals surface area contributed by atoms with Gasteiger partial charge in [0.1, 0.15) is 0 Å². The predicted octanol–water partition coefficient (Wildman–Crippen LogP) is 2.79. The standard InChI is InChI=1S/C16H25N3/c1-18-10-4-5-16(18)13-17-14-6-8-15(9-7-14)19-11-2-3-12-19/h6-9,16-17H,2-5,10-13H2,1H3. The van der Waals surface area contributed by atoms with Crippen LogP contribution < -0.4 is 10.2 Å². The second-order valence-corrected chi connectivity index (χ2v) is 5.90. The minimum Gasteiger partial charge on any atom is -0.383 e. The number of nitrogens with zero attached hydrogens (tertiary/aromatic N) is 2. The van der Waals surface area contributed by atoms with Gasteiger partial charge in [0.05, 0.1) is 0 Å².